The number of aryl methyl sites for hydroxylation is 1. The Kier molecular flexibility index (Phi) is 5.93. The fourth-order valence-electron chi connectivity index (χ4n) is 2.79. The number of nitrogens with one attached hydrogen (secondary N) is 1. The van der Waals surface area contributed by atoms with Crippen molar-refractivity contribution in [3.63, 3.8) is 0 Å². The van der Waals surface area contributed by atoms with E-state index >= 15 is 0 Å². The Labute approximate surface area is 158 Å². The maximum absolute atomic E-state index is 13.1. The van der Waals surface area contributed by atoms with E-state index in [1.165, 1.54) is 6.07 Å². The summed E-state index contributed by atoms with van der Waals surface area (Å²) in [6.07, 6.45) is -2.00. The summed E-state index contributed by atoms with van der Waals surface area (Å²) < 4.78 is 44.5. The molecular formula is C17H19F3N4O2S. The van der Waals surface area contributed by atoms with Gasteiger partial charge in [0.25, 0.3) is 5.22 Å². The Morgan fingerprint density at radius 3 is 2.67 bits per heavy atom. The van der Waals surface area contributed by atoms with Gasteiger partial charge in [0.05, 0.1) is 22.7 Å². The molecule has 146 valence electrons. The number of anilines is 2. The van der Waals surface area contributed by atoms with E-state index in [1.807, 2.05) is 11.8 Å². The zero-order valence-corrected chi connectivity index (χ0v) is 15.5. The highest BCUT2D eigenvalue weighted by Gasteiger charge is 2.32. The molecule has 0 unspecified atom stereocenters. The average molecular weight is 400 g/mol. The summed E-state index contributed by atoms with van der Waals surface area (Å²) in [5.74, 6) is 0.152. The lowest BCUT2D eigenvalue weighted by Crippen LogP contribution is -2.22. The molecule has 0 spiro atoms. The van der Waals surface area contributed by atoms with Crippen molar-refractivity contribution in [3.8, 4) is 0 Å². The van der Waals surface area contributed by atoms with Crippen LogP contribution >= 0.6 is 11.8 Å². The average Bonchev–Trinajstić information content (AvgIpc) is 3.31. The molecule has 27 heavy (non-hydrogen) atoms. The second-order valence-electron chi connectivity index (χ2n) is 6.08. The van der Waals surface area contributed by atoms with Crippen molar-refractivity contribution in [1.82, 2.24) is 10.2 Å². The number of hydrogen-bond donors (Lipinski definition) is 1. The number of hydrogen-bond acceptors (Lipinski definition) is 6. The number of carbonyl (C=O) groups excluding carboxylic acids is 1. The van der Waals surface area contributed by atoms with Crippen LogP contribution in [-0.2, 0) is 17.4 Å². The molecule has 3 rings (SSSR count). The maximum atomic E-state index is 13.1. The molecule has 1 saturated heterocycles. The summed E-state index contributed by atoms with van der Waals surface area (Å²) in [4.78, 5) is 14.1. The minimum absolute atomic E-state index is 0.0197. The quantitative estimate of drug-likeness (QED) is 0.740. The lowest BCUT2D eigenvalue weighted by molar-refractivity contribution is -0.137. The number of halogens is 3. The standard InChI is InChI=1S/C17H19F3N4O2S/c1-2-15-22-23-16(26-15)27-10-14(25)21-12-6-5-11(17(18,19)20)9-13(12)24-7-3-4-8-24/h5-6,9H,2-4,7-8,10H2,1H3,(H,21,25). The molecule has 1 amide bonds. The van der Waals surface area contributed by atoms with Crippen molar-refractivity contribution in [2.45, 2.75) is 37.6 Å². The first-order chi connectivity index (χ1) is 12.9. The van der Waals surface area contributed by atoms with Crippen LogP contribution in [0.3, 0.4) is 0 Å². The lowest BCUT2D eigenvalue weighted by Gasteiger charge is -2.23. The highest BCUT2D eigenvalue weighted by atomic mass is 32.2. The fraction of sp³-hybridized carbons (Fsp3) is 0.471. The van der Waals surface area contributed by atoms with Gasteiger partial charge >= 0.3 is 6.18 Å². The first kappa shape index (κ1) is 19.5. The molecule has 0 radical (unpaired) electrons. The SMILES string of the molecule is CCc1nnc(SCC(=O)Nc2ccc(C(F)(F)F)cc2N2CCCC2)o1. The third kappa shape index (κ3) is 4.94. The molecule has 2 aromatic rings. The van der Waals surface area contributed by atoms with Gasteiger partial charge in [-0.15, -0.1) is 10.2 Å². The predicted octanol–water partition coefficient (Wildman–Crippen LogP) is 3.98. The van der Waals surface area contributed by atoms with Crippen molar-refractivity contribution < 1.29 is 22.4 Å². The highest BCUT2D eigenvalue weighted by molar-refractivity contribution is 7.99. The minimum atomic E-state index is -4.43. The van der Waals surface area contributed by atoms with Crippen molar-refractivity contribution in [2.75, 3.05) is 29.1 Å². The largest absolute Gasteiger partial charge is 0.416 e. The molecule has 1 N–H and O–H groups in total. The molecule has 1 aromatic carbocycles. The topological polar surface area (TPSA) is 71.3 Å². The number of nitrogens with zero attached hydrogens (tertiary/aromatic N) is 3. The van der Waals surface area contributed by atoms with Crippen LogP contribution in [0.4, 0.5) is 24.5 Å². The minimum Gasteiger partial charge on any atom is -0.416 e. The molecule has 1 aliphatic heterocycles. The molecule has 2 heterocycles. The van der Waals surface area contributed by atoms with Gasteiger partial charge in [0.15, 0.2) is 0 Å². The second kappa shape index (κ2) is 8.20. The van der Waals surface area contributed by atoms with Gasteiger partial charge in [-0.05, 0) is 31.0 Å². The molecule has 1 aliphatic rings. The normalized spacial score (nSPS) is 14.6. The number of amides is 1. The van der Waals surface area contributed by atoms with E-state index in [2.05, 4.69) is 15.5 Å². The lowest BCUT2D eigenvalue weighted by atomic mass is 10.1. The molecule has 10 heteroatoms. The van der Waals surface area contributed by atoms with Gasteiger partial charge in [-0.3, -0.25) is 4.79 Å². The van der Waals surface area contributed by atoms with Crippen LogP contribution in [0, 0.1) is 0 Å². The summed E-state index contributed by atoms with van der Waals surface area (Å²) in [7, 11) is 0. The van der Waals surface area contributed by atoms with Crippen LogP contribution in [0.2, 0.25) is 0 Å². The zero-order chi connectivity index (χ0) is 19.4. The molecule has 0 bridgehead atoms. The number of thioether (sulfide) groups is 1. The van der Waals surface area contributed by atoms with Crippen molar-refractivity contribution in [2.24, 2.45) is 0 Å². The van der Waals surface area contributed by atoms with Crippen LogP contribution < -0.4 is 10.2 Å². The van der Waals surface area contributed by atoms with Crippen LogP contribution in [-0.4, -0.2) is 34.9 Å². The number of aromatic nitrogens is 2. The van der Waals surface area contributed by atoms with Gasteiger partial charge in [0.1, 0.15) is 0 Å². The van der Waals surface area contributed by atoms with E-state index < -0.39 is 11.7 Å². The third-order valence-corrected chi connectivity index (χ3v) is 4.94. The summed E-state index contributed by atoms with van der Waals surface area (Å²) in [5, 5.41) is 10.6. The third-order valence-electron chi connectivity index (χ3n) is 4.12. The first-order valence-electron chi connectivity index (χ1n) is 8.58. The first-order valence-corrected chi connectivity index (χ1v) is 9.56. The van der Waals surface area contributed by atoms with Gasteiger partial charge in [-0.25, -0.2) is 0 Å². The van der Waals surface area contributed by atoms with Crippen LogP contribution in [0.15, 0.2) is 27.8 Å². The van der Waals surface area contributed by atoms with E-state index in [4.69, 9.17) is 4.42 Å². The van der Waals surface area contributed by atoms with Gasteiger partial charge < -0.3 is 14.6 Å². The fourth-order valence-corrected chi connectivity index (χ4v) is 3.37. The number of carbonyl (C=O) groups is 1. The summed E-state index contributed by atoms with van der Waals surface area (Å²) in [5.41, 5.74) is 0.0386. The monoisotopic (exact) mass is 400 g/mol. The van der Waals surface area contributed by atoms with Crippen molar-refractivity contribution in [1.29, 1.82) is 0 Å². The van der Waals surface area contributed by atoms with E-state index in [0.29, 0.717) is 36.8 Å². The predicted molar refractivity (Wildman–Crippen MR) is 95.9 cm³/mol. The van der Waals surface area contributed by atoms with E-state index in [0.717, 1.165) is 36.7 Å². The molecular weight excluding hydrogens is 381 g/mol. The second-order valence-corrected chi connectivity index (χ2v) is 7.00. The zero-order valence-electron chi connectivity index (χ0n) is 14.7. The molecule has 1 aromatic heterocycles. The van der Waals surface area contributed by atoms with E-state index in [-0.39, 0.29) is 16.9 Å². The van der Waals surface area contributed by atoms with Gasteiger partial charge in [-0.2, -0.15) is 13.2 Å². The number of benzene rings is 1. The Morgan fingerprint density at radius 2 is 2.04 bits per heavy atom. The molecule has 1 fully saturated rings. The maximum Gasteiger partial charge on any atom is 0.416 e. The number of rotatable bonds is 6. The summed E-state index contributed by atoms with van der Waals surface area (Å²) in [6, 6.07) is 3.38. The van der Waals surface area contributed by atoms with Crippen LogP contribution in [0.5, 0.6) is 0 Å². The molecule has 0 saturated carbocycles. The Bertz CT molecular complexity index is 804. The molecule has 0 atom stereocenters. The van der Waals surface area contributed by atoms with Crippen LogP contribution in [0.1, 0.15) is 31.2 Å². The van der Waals surface area contributed by atoms with E-state index in [1.54, 1.807) is 0 Å². The highest BCUT2D eigenvalue weighted by Crippen LogP contribution is 2.37. The number of alkyl halides is 3. The summed E-state index contributed by atoms with van der Waals surface area (Å²) in [6.45, 7) is 3.21. The Hall–Kier alpha value is -2.23. The van der Waals surface area contributed by atoms with Crippen molar-refractivity contribution in [3.05, 3.63) is 29.7 Å². The molecule has 0 aliphatic carbocycles. The van der Waals surface area contributed by atoms with Crippen LogP contribution in [0.25, 0.3) is 0 Å². The Morgan fingerprint density at radius 1 is 1.30 bits per heavy atom. The van der Waals surface area contributed by atoms with Gasteiger partial charge in [0, 0.05) is 19.5 Å². The van der Waals surface area contributed by atoms with Crippen molar-refractivity contribution >= 4 is 29.0 Å². The summed E-state index contributed by atoms with van der Waals surface area (Å²) >= 11 is 1.08. The molecule has 6 nitrogen and oxygen atoms in total. The van der Waals surface area contributed by atoms with E-state index in [9.17, 15) is 18.0 Å². The van der Waals surface area contributed by atoms with Gasteiger partial charge in [-0.1, -0.05) is 18.7 Å². The van der Waals surface area contributed by atoms with Gasteiger partial charge in [0.2, 0.25) is 11.8 Å². The Balaban J connectivity index is 1.71. The smallest absolute Gasteiger partial charge is 0.416 e.